The molecule has 0 unspecified atom stereocenters. The van der Waals surface area contributed by atoms with Crippen LogP contribution in [-0.2, 0) is 41.7 Å². The third-order valence-electron chi connectivity index (χ3n) is 8.01. The van der Waals surface area contributed by atoms with Gasteiger partial charge < -0.3 is 14.6 Å². The van der Waals surface area contributed by atoms with E-state index in [4.69, 9.17) is 12.6 Å². The number of nitrogens with zero attached hydrogens (tertiary/aromatic N) is 2. The smallest absolute Gasteiger partial charge is 0.425 e. The molecule has 0 aliphatic carbocycles. The molecule has 2 N–H and O–H groups in total. The lowest BCUT2D eigenvalue weighted by Crippen LogP contribution is -2.29. The van der Waals surface area contributed by atoms with E-state index in [1.807, 2.05) is 65.8 Å². The molecule has 16 heteroatoms. The van der Waals surface area contributed by atoms with E-state index in [-0.39, 0.29) is 24.9 Å². The van der Waals surface area contributed by atoms with Crippen LogP contribution < -0.4 is 4.90 Å². The summed E-state index contributed by atoms with van der Waals surface area (Å²) in [5, 5.41) is 9.57. The molecular weight excluding hydrogens is 661 g/mol. The molecule has 0 aromatic heterocycles. The van der Waals surface area contributed by atoms with Crippen molar-refractivity contribution >= 4 is 53.9 Å². The highest BCUT2D eigenvalue weighted by Crippen LogP contribution is 2.48. The van der Waals surface area contributed by atoms with E-state index in [0.29, 0.717) is 6.54 Å². The van der Waals surface area contributed by atoms with Gasteiger partial charge in [-0.1, -0.05) is 38.1 Å². The number of hydrogen-bond acceptors (Lipinski definition) is 10. The van der Waals surface area contributed by atoms with Crippen molar-refractivity contribution in [3.8, 4) is 0 Å². The summed E-state index contributed by atoms with van der Waals surface area (Å²) >= 11 is 0. The number of rotatable bonds is 11. The van der Waals surface area contributed by atoms with Crippen molar-refractivity contribution in [2.24, 2.45) is 0 Å². The molecule has 0 amide bonds. The van der Waals surface area contributed by atoms with Crippen LogP contribution in [0.2, 0.25) is 0 Å². The van der Waals surface area contributed by atoms with Crippen LogP contribution in [0.1, 0.15) is 62.0 Å². The SMILES string of the molecule is CC1(C)C(/C=C/C=C2/N(CCCS(=O)(=O)O)c3ccc(C(=O)O)cc3C2(C)C)=[N+](CCCS(=O)(=O)[O-])c2ccccc21.O=S(=O)=O. The van der Waals surface area contributed by atoms with E-state index >= 15 is 0 Å². The minimum Gasteiger partial charge on any atom is -0.748 e. The molecule has 0 radical (unpaired) electrons. The molecule has 0 atom stereocenters. The van der Waals surface area contributed by atoms with Crippen LogP contribution in [0.3, 0.4) is 0 Å². The summed E-state index contributed by atoms with van der Waals surface area (Å²) in [6.45, 7) is 8.72. The van der Waals surface area contributed by atoms with Gasteiger partial charge in [0.2, 0.25) is 5.69 Å². The van der Waals surface area contributed by atoms with Crippen LogP contribution in [0.4, 0.5) is 11.4 Å². The predicted molar refractivity (Wildman–Crippen MR) is 170 cm³/mol. The molecular formula is C30H36N2O11S3. The monoisotopic (exact) mass is 696 g/mol. The molecule has 250 valence electrons. The maximum absolute atomic E-state index is 11.7. The highest BCUT2D eigenvalue weighted by atomic mass is 32.2. The molecule has 0 saturated heterocycles. The first kappa shape index (κ1) is 36.8. The van der Waals surface area contributed by atoms with E-state index in [9.17, 15) is 35.8 Å². The van der Waals surface area contributed by atoms with Crippen LogP contribution >= 0.6 is 0 Å². The third-order valence-corrected chi connectivity index (χ3v) is 9.60. The number of carbonyl (C=O) groups is 1. The fraction of sp³-hybridized carbons (Fsp3) is 0.400. The predicted octanol–water partition coefficient (Wildman–Crippen LogP) is 3.21. The fourth-order valence-electron chi connectivity index (χ4n) is 5.97. The molecule has 2 heterocycles. The largest absolute Gasteiger partial charge is 0.748 e. The van der Waals surface area contributed by atoms with Crippen molar-refractivity contribution in [3.05, 3.63) is 83.1 Å². The molecule has 0 saturated carbocycles. The average Bonchev–Trinajstić information content (AvgIpc) is 3.26. The summed E-state index contributed by atoms with van der Waals surface area (Å²) in [7, 11) is -11.6. The third kappa shape index (κ3) is 8.76. The van der Waals surface area contributed by atoms with Gasteiger partial charge in [0.1, 0.15) is 6.54 Å². The summed E-state index contributed by atoms with van der Waals surface area (Å²) in [6.07, 6.45) is 6.09. The standard InChI is InChI=1S/C30H36N2O8S2.O3S/c1-29(2)22-10-5-6-11-24(22)31(16-8-18-41(35,36)37)26(29)12-7-13-27-30(3,4)23-20-21(28(33)34)14-15-25(23)32(27)17-9-19-42(38,39)40;1-4(2)3/h5-7,10-15,20H,8-9,16-19H2,1-4H3,(H2-,33,34,35,36,37,38,39,40);. The second-order valence-electron chi connectivity index (χ2n) is 11.9. The van der Waals surface area contributed by atoms with Gasteiger partial charge in [-0.2, -0.15) is 13.0 Å². The number of fused-ring (bicyclic) bond motifs is 2. The Morgan fingerprint density at radius 3 is 2.17 bits per heavy atom. The minimum absolute atomic E-state index is 0.147. The highest BCUT2D eigenvalue weighted by molar-refractivity contribution is 7.85. The van der Waals surface area contributed by atoms with E-state index in [2.05, 4.69) is 13.8 Å². The van der Waals surface area contributed by atoms with E-state index in [1.54, 1.807) is 12.1 Å². The van der Waals surface area contributed by atoms with Gasteiger partial charge in [0.15, 0.2) is 5.71 Å². The summed E-state index contributed by atoms with van der Waals surface area (Å²) in [4.78, 5) is 13.7. The number of allylic oxidation sites excluding steroid dienone is 4. The quantitative estimate of drug-likeness (QED) is 0.257. The highest BCUT2D eigenvalue weighted by Gasteiger charge is 2.44. The van der Waals surface area contributed by atoms with E-state index in [0.717, 1.165) is 33.9 Å². The number of carboxylic acids is 1. The molecule has 0 bridgehead atoms. The minimum atomic E-state index is -4.35. The van der Waals surface area contributed by atoms with E-state index in [1.165, 1.54) is 6.07 Å². The second kappa shape index (κ2) is 14.0. The first-order valence-corrected chi connectivity index (χ1v) is 18.3. The summed E-state index contributed by atoms with van der Waals surface area (Å²) in [6, 6.07) is 12.7. The van der Waals surface area contributed by atoms with Gasteiger partial charge >= 0.3 is 16.6 Å². The van der Waals surface area contributed by atoms with Crippen LogP contribution in [-0.4, -0.2) is 84.5 Å². The lowest BCUT2D eigenvalue weighted by Gasteiger charge is -2.27. The molecule has 2 aliphatic rings. The van der Waals surface area contributed by atoms with Crippen LogP contribution in [0.5, 0.6) is 0 Å². The fourth-order valence-corrected chi connectivity index (χ4v) is 6.94. The molecule has 0 spiro atoms. The van der Waals surface area contributed by atoms with Gasteiger partial charge in [-0.05, 0) is 50.1 Å². The zero-order chi connectivity index (χ0) is 34.7. The van der Waals surface area contributed by atoms with Gasteiger partial charge in [0.25, 0.3) is 10.1 Å². The maximum atomic E-state index is 11.7. The summed E-state index contributed by atoms with van der Waals surface area (Å²) in [5.74, 6) is -1.92. The average molecular weight is 697 g/mol. The lowest BCUT2D eigenvalue weighted by molar-refractivity contribution is -0.437. The molecule has 2 aromatic carbocycles. The number of benzene rings is 2. The first-order chi connectivity index (χ1) is 21.2. The van der Waals surface area contributed by atoms with Crippen LogP contribution in [0, 0.1) is 0 Å². The summed E-state index contributed by atoms with van der Waals surface area (Å²) in [5.41, 5.74) is 4.42. The van der Waals surface area contributed by atoms with Crippen molar-refractivity contribution in [1.29, 1.82) is 0 Å². The Kier molecular flexibility index (Phi) is 11.2. The van der Waals surface area contributed by atoms with Crippen molar-refractivity contribution in [1.82, 2.24) is 0 Å². The van der Waals surface area contributed by atoms with Crippen molar-refractivity contribution in [2.75, 3.05) is 29.5 Å². The first-order valence-electron chi connectivity index (χ1n) is 14.1. The van der Waals surface area contributed by atoms with Gasteiger partial charge in [-0.25, -0.2) is 13.2 Å². The molecule has 4 rings (SSSR count). The number of hydrogen-bond donors (Lipinski definition) is 2. The zero-order valence-corrected chi connectivity index (χ0v) is 28.2. The Labute approximate surface area is 270 Å². The number of para-hydroxylation sites is 1. The Morgan fingerprint density at radius 1 is 0.957 bits per heavy atom. The Hall–Kier alpha value is -3.70. The van der Waals surface area contributed by atoms with Crippen molar-refractivity contribution in [2.45, 2.75) is 51.4 Å². The summed E-state index contributed by atoms with van der Waals surface area (Å²) < 4.78 is 93.2. The zero-order valence-electron chi connectivity index (χ0n) is 25.7. The number of aromatic carboxylic acids is 1. The van der Waals surface area contributed by atoms with Crippen LogP contribution in [0.15, 0.2) is 66.4 Å². The Morgan fingerprint density at radius 2 is 1.59 bits per heavy atom. The lowest BCUT2D eigenvalue weighted by atomic mass is 9.81. The molecule has 2 aliphatic heterocycles. The van der Waals surface area contributed by atoms with Crippen molar-refractivity contribution < 1.29 is 53.0 Å². The number of anilines is 1. The molecule has 0 fully saturated rings. The molecule has 46 heavy (non-hydrogen) atoms. The maximum Gasteiger partial charge on any atom is 0.425 e. The molecule has 13 nitrogen and oxygen atoms in total. The Bertz CT molecular complexity index is 1940. The normalized spacial score (nSPS) is 17.5. The van der Waals surface area contributed by atoms with Crippen molar-refractivity contribution in [3.63, 3.8) is 0 Å². The van der Waals surface area contributed by atoms with Gasteiger partial charge in [0, 0.05) is 53.2 Å². The van der Waals surface area contributed by atoms with E-state index < -0.39 is 59.1 Å². The Balaban J connectivity index is 0.00000136. The van der Waals surface area contributed by atoms with Gasteiger partial charge in [-0.15, -0.1) is 12.6 Å². The van der Waals surface area contributed by atoms with Gasteiger partial charge in [0.05, 0.1) is 26.8 Å². The van der Waals surface area contributed by atoms with Gasteiger partial charge in [-0.3, -0.25) is 4.55 Å². The number of carboxylic acid groups (broad SMARTS) is 1. The van der Waals surface area contributed by atoms with Crippen LogP contribution in [0.25, 0.3) is 0 Å². The topological polar surface area (TPSA) is 206 Å². The second-order valence-corrected chi connectivity index (χ2v) is 15.4. The molecule has 2 aromatic rings.